The molecule has 2 aromatic rings. The molecule has 1 aliphatic heterocycles. The van der Waals surface area contributed by atoms with Crippen LogP contribution in [0.5, 0.6) is 0 Å². The maximum atomic E-state index is 6.33. The van der Waals surface area contributed by atoms with Gasteiger partial charge < -0.3 is 20.6 Å². The predicted molar refractivity (Wildman–Crippen MR) is 64.2 cm³/mol. The third kappa shape index (κ3) is 1.32. The zero-order valence-corrected chi connectivity index (χ0v) is 9.31. The van der Waals surface area contributed by atoms with Crippen molar-refractivity contribution in [3.05, 3.63) is 36.2 Å². The standard InChI is InChI=1S/C10H13N7/c1-17-4-7(14-5-17)10(12)8-6(2-3-13-8)15-9(11)16-10/h2-5,13H,12H2,1H3,(H3,11,15,16). The first kappa shape index (κ1) is 9.91. The zero-order chi connectivity index (χ0) is 12.0. The second-order valence-corrected chi connectivity index (χ2v) is 4.08. The number of hydrogen-bond donors (Lipinski definition) is 4. The Hall–Kier alpha value is -2.28. The van der Waals surface area contributed by atoms with Crippen LogP contribution in [0.2, 0.25) is 0 Å². The van der Waals surface area contributed by atoms with Gasteiger partial charge in [0.05, 0.1) is 17.7 Å². The highest BCUT2D eigenvalue weighted by Crippen LogP contribution is 2.34. The minimum Gasteiger partial charge on any atom is -0.370 e. The second kappa shape index (κ2) is 3.11. The Labute approximate surface area is 97.6 Å². The normalized spacial score (nSPS) is 22.8. The topological polar surface area (TPSA) is 110 Å². The van der Waals surface area contributed by atoms with Crippen LogP contribution in [0, 0.1) is 0 Å². The van der Waals surface area contributed by atoms with Crippen molar-refractivity contribution in [3.8, 4) is 0 Å². The molecule has 7 heteroatoms. The van der Waals surface area contributed by atoms with Gasteiger partial charge in [-0.25, -0.2) is 9.98 Å². The molecule has 0 aromatic carbocycles. The summed E-state index contributed by atoms with van der Waals surface area (Å²) in [7, 11) is 1.88. The number of fused-ring (bicyclic) bond motifs is 1. The third-order valence-corrected chi connectivity index (χ3v) is 2.78. The van der Waals surface area contributed by atoms with Crippen molar-refractivity contribution < 1.29 is 0 Å². The van der Waals surface area contributed by atoms with E-state index in [4.69, 9.17) is 11.5 Å². The van der Waals surface area contributed by atoms with Crippen LogP contribution in [0.1, 0.15) is 11.4 Å². The van der Waals surface area contributed by atoms with Gasteiger partial charge in [0, 0.05) is 19.4 Å². The van der Waals surface area contributed by atoms with Gasteiger partial charge in [-0.15, -0.1) is 0 Å². The molecule has 0 radical (unpaired) electrons. The van der Waals surface area contributed by atoms with Crippen molar-refractivity contribution in [2.45, 2.75) is 5.66 Å². The molecule has 0 amide bonds. The highest BCUT2D eigenvalue weighted by Gasteiger charge is 2.38. The Bertz CT molecular complexity index is 593. The summed E-state index contributed by atoms with van der Waals surface area (Å²) >= 11 is 0. The Morgan fingerprint density at radius 3 is 3.00 bits per heavy atom. The predicted octanol–water partition coefficient (Wildman–Crippen LogP) is -0.352. The fourth-order valence-electron chi connectivity index (χ4n) is 2.00. The molecule has 0 aliphatic carbocycles. The quantitative estimate of drug-likeness (QED) is 0.537. The fourth-order valence-corrected chi connectivity index (χ4v) is 2.00. The summed E-state index contributed by atoms with van der Waals surface area (Å²) in [5.74, 6) is 0.283. The van der Waals surface area contributed by atoms with E-state index in [1.807, 2.05) is 23.9 Å². The van der Waals surface area contributed by atoms with E-state index in [9.17, 15) is 0 Å². The van der Waals surface area contributed by atoms with Crippen LogP contribution in [-0.2, 0) is 12.7 Å². The average molecular weight is 231 g/mol. The fraction of sp³-hybridized carbons (Fsp3) is 0.200. The summed E-state index contributed by atoms with van der Waals surface area (Å²) in [4.78, 5) is 11.6. The molecular weight excluding hydrogens is 218 g/mol. The largest absolute Gasteiger partial charge is 0.370 e. The van der Waals surface area contributed by atoms with Crippen LogP contribution in [0.25, 0.3) is 0 Å². The van der Waals surface area contributed by atoms with Gasteiger partial charge in [0.15, 0.2) is 11.6 Å². The number of nitrogens with zero attached hydrogens (tertiary/aromatic N) is 3. The Morgan fingerprint density at radius 1 is 1.47 bits per heavy atom. The molecule has 3 heterocycles. The van der Waals surface area contributed by atoms with E-state index < -0.39 is 5.66 Å². The van der Waals surface area contributed by atoms with Crippen molar-refractivity contribution in [2.75, 3.05) is 5.32 Å². The van der Waals surface area contributed by atoms with Crippen molar-refractivity contribution >= 4 is 11.6 Å². The lowest BCUT2D eigenvalue weighted by Crippen LogP contribution is -2.44. The molecule has 88 valence electrons. The molecule has 3 rings (SSSR count). The van der Waals surface area contributed by atoms with Crippen molar-refractivity contribution in [3.63, 3.8) is 0 Å². The Morgan fingerprint density at radius 2 is 2.29 bits per heavy atom. The van der Waals surface area contributed by atoms with Gasteiger partial charge >= 0.3 is 0 Å². The Balaban J connectivity index is 2.21. The zero-order valence-electron chi connectivity index (χ0n) is 9.31. The number of anilines is 1. The first-order chi connectivity index (χ1) is 8.09. The number of rotatable bonds is 1. The van der Waals surface area contributed by atoms with Crippen LogP contribution in [0.4, 0.5) is 5.69 Å². The lowest BCUT2D eigenvalue weighted by Gasteiger charge is -2.28. The number of aromatic nitrogens is 3. The lowest BCUT2D eigenvalue weighted by molar-refractivity contribution is 0.535. The molecule has 6 N–H and O–H groups in total. The molecule has 1 unspecified atom stereocenters. The smallest absolute Gasteiger partial charge is 0.198 e. The third-order valence-electron chi connectivity index (χ3n) is 2.78. The summed E-state index contributed by atoms with van der Waals surface area (Å²) in [6, 6.07) is 1.86. The van der Waals surface area contributed by atoms with E-state index in [1.54, 1.807) is 12.5 Å². The average Bonchev–Trinajstić information content (AvgIpc) is 2.86. The van der Waals surface area contributed by atoms with Gasteiger partial charge in [0.1, 0.15) is 5.69 Å². The summed E-state index contributed by atoms with van der Waals surface area (Å²) in [6.45, 7) is 0. The lowest BCUT2D eigenvalue weighted by atomic mass is 10.0. The molecule has 17 heavy (non-hydrogen) atoms. The second-order valence-electron chi connectivity index (χ2n) is 4.08. The van der Waals surface area contributed by atoms with Crippen molar-refractivity contribution in [1.82, 2.24) is 14.5 Å². The summed E-state index contributed by atoms with van der Waals surface area (Å²) in [6.07, 6.45) is 5.29. The maximum Gasteiger partial charge on any atom is 0.198 e. The first-order valence-electron chi connectivity index (χ1n) is 5.17. The van der Waals surface area contributed by atoms with Crippen LogP contribution in [-0.4, -0.2) is 20.5 Å². The van der Waals surface area contributed by atoms with Crippen molar-refractivity contribution in [1.29, 1.82) is 0 Å². The Kier molecular flexibility index (Phi) is 1.81. The number of nitrogens with one attached hydrogen (secondary N) is 2. The number of nitrogens with two attached hydrogens (primary N) is 2. The van der Waals surface area contributed by atoms with E-state index in [-0.39, 0.29) is 5.96 Å². The number of guanidine groups is 1. The van der Waals surface area contributed by atoms with Crippen LogP contribution < -0.4 is 16.8 Å². The summed E-state index contributed by atoms with van der Waals surface area (Å²) < 4.78 is 1.82. The van der Waals surface area contributed by atoms with Crippen molar-refractivity contribution in [2.24, 2.45) is 23.5 Å². The van der Waals surface area contributed by atoms with E-state index in [0.29, 0.717) is 5.69 Å². The number of aryl methyl sites for hydroxylation is 1. The number of H-pyrrole nitrogens is 1. The van der Waals surface area contributed by atoms with Gasteiger partial charge in [0.25, 0.3) is 0 Å². The molecule has 0 bridgehead atoms. The number of hydrogen-bond acceptors (Lipinski definition) is 5. The summed E-state index contributed by atoms with van der Waals surface area (Å²) in [5, 5.41) is 2.95. The number of aromatic amines is 1. The number of imidazole rings is 1. The van der Waals surface area contributed by atoms with E-state index in [1.165, 1.54) is 0 Å². The van der Waals surface area contributed by atoms with E-state index >= 15 is 0 Å². The molecule has 7 nitrogen and oxygen atoms in total. The molecule has 2 aromatic heterocycles. The van der Waals surface area contributed by atoms with Crippen LogP contribution in [0.3, 0.4) is 0 Å². The maximum absolute atomic E-state index is 6.33. The SMILES string of the molecule is Cn1cnc(C2(N)N=C(N)Nc3cc[nH]c32)c1. The molecule has 0 spiro atoms. The monoisotopic (exact) mass is 231 g/mol. The summed E-state index contributed by atoms with van der Waals surface area (Å²) in [5.41, 5.74) is 13.2. The van der Waals surface area contributed by atoms with Crippen LogP contribution in [0.15, 0.2) is 29.8 Å². The van der Waals surface area contributed by atoms with Crippen LogP contribution >= 0.6 is 0 Å². The van der Waals surface area contributed by atoms with E-state index in [0.717, 1.165) is 11.4 Å². The van der Waals surface area contributed by atoms with Gasteiger partial charge in [-0.1, -0.05) is 0 Å². The first-order valence-corrected chi connectivity index (χ1v) is 5.17. The molecule has 0 fully saturated rings. The molecular formula is C10H13N7. The highest BCUT2D eigenvalue weighted by atomic mass is 15.2. The number of aliphatic imine (C=N–C) groups is 1. The minimum atomic E-state index is -1.06. The van der Waals surface area contributed by atoms with Gasteiger partial charge in [0.2, 0.25) is 0 Å². The van der Waals surface area contributed by atoms with Gasteiger partial charge in [-0.05, 0) is 6.07 Å². The van der Waals surface area contributed by atoms with Gasteiger partial charge in [-0.2, -0.15) is 0 Å². The molecule has 0 saturated carbocycles. The minimum absolute atomic E-state index is 0.283. The molecule has 1 atom stereocenters. The highest BCUT2D eigenvalue weighted by molar-refractivity contribution is 5.95. The van der Waals surface area contributed by atoms with E-state index in [2.05, 4.69) is 20.3 Å². The molecule has 0 saturated heterocycles. The van der Waals surface area contributed by atoms with Gasteiger partial charge in [-0.3, -0.25) is 5.73 Å². The molecule has 1 aliphatic rings.